The van der Waals surface area contributed by atoms with Crippen molar-refractivity contribution in [2.45, 2.75) is 85.2 Å². The van der Waals surface area contributed by atoms with Crippen LogP contribution in [0.5, 0.6) is 0 Å². The lowest BCUT2D eigenvalue weighted by molar-refractivity contribution is -0.164. The summed E-state index contributed by atoms with van der Waals surface area (Å²) in [7, 11) is 0. The lowest BCUT2D eigenvalue weighted by atomic mass is 9.79. The molecule has 0 amide bonds. The van der Waals surface area contributed by atoms with Gasteiger partial charge < -0.3 is 20.1 Å². The Morgan fingerprint density at radius 2 is 1.50 bits per heavy atom. The molecule has 0 spiro atoms. The third-order valence-corrected chi connectivity index (χ3v) is 6.06. The number of Topliss-reactive ketones (excluding diaryl/α,β-unsaturated/α-hetero) is 1. The highest BCUT2D eigenvalue weighted by molar-refractivity contribution is 5.83. The molecule has 0 aliphatic carbocycles. The Hall–Kier alpha value is -0.980. The molecule has 1 fully saturated rings. The molecule has 0 saturated carbocycles. The Bertz CT molecular complexity index is 479. The number of hydrogen-bond donors (Lipinski definition) is 3. The smallest absolute Gasteiger partial charge is 0.311 e. The van der Waals surface area contributed by atoms with Gasteiger partial charge in [0.05, 0.1) is 24.2 Å². The van der Waals surface area contributed by atoms with E-state index in [2.05, 4.69) is 0 Å². The topological polar surface area (TPSA) is 104 Å². The molecule has 1 heterocycles. The van der Waals surface area contributed by atoms with E-state index in [0.717, 1.165) is 0 Å². The third kappa shape index (κ3) is 5.51. The van der Waals surface area contributed by atoms with Crippen LogP contribution in [0.4, 0.5) is 0 Å². The zero-order valence-corrected chi connectivity index (χ0v) is 16.9. The number of aliphatic hydroxyl groups excluding tert-OH is 3. The molecule has 6 nitrogen and oxygen atoms in total. The number of rotatable bonds is 1. The van der Waals surface area contributed by atoms with Gasteiger partial charge in [0.1, 0.15) is 11.9 Å². The molecule has 0 radical (unpaired) electrons. The van der Waals surface area contributed by atoms with Gasteiger partial charge in [0.15, 0.2) is 0 Å². The van der Waals surface area contributed by atoms with Gasteiger partial charge >= 0.3 is 5.97 Å². The van der Waals surface area contributed by atoms with Crippen LogP contribution >= 0.6 is 0 Å². The molecule has 1 saturated heterocycles. The fourth-order valence-electron chi connectivity index (χ4n) is 3.78. The number of hydrogen-bond acceptors (Lipinski definition) is 6. The van der Waals surface area contributed by atoms with Crippen LogP contribution in [0.1, 0.15) is 60.8 Å². The average molecular weight is 373 g/mol. The second-order valence-electron chi connectivity index (χ2n) is 8.20. The molecule has 0 aromatic heterocycles. The molecule has 152 valence electrons. The fourth-order valence-corrected chi connectivity index (χ4v) is 3.78. The Labute approximate surface area is 156 Å². The molecule has 0 aromatic rings. The molecule has 9 atom stereocenters. The van der Waals surface area contributed by atoms with Crippen LogP contribution in [0, 0.1) is 29.6 Å². The molecule has 1 aliphatic rings. The van der Waals surface area contributed by atoms with Crippen molar-refractivity contribution in [1.82, 2.24) is 0 Å². The molecule has 6 heteroatoms. The number of aliphatic hydroxyl groups is 3. The largest absolute Gasteiger partial charge is 0.462 e. The molecule has 1 aliphatic heterocycles. The number of cyclic esters (lactones) is 1. The van der Waals surface area contributed by atoms with E-state index in [9.17, 15) is 24.9 Å². The first-order chi connectivity index (χ1) is 12.0. The predicted octanol–water partition coefficient (Wildman–Crippen LogP) is 1.93. The first-order valence-electron chi connectivity index (χ1n) is 9.79. The van der Waals surface area contributed by atoms with E-state index in [1.165, 1.54) is 0 Å². The molecule has 3 N–H and O–H groups in total. The van der Waals surface area contributed by atoms with Crippen molar-refractivity contribution in [1.29, 1.82) is 0 Å². The molecule has 26 heavy (non-hydrogen) atoms. The van der Waals surface area contributed by atoms with E-state index in [0.29, 0.717) is 12.8 Å². The molecular formula is C20H36O6. The molecular weight excluding hydrogens is 336 g/mol. The summed E-state index contributed by atoms with van der Waals surface area (Å²) in [6, 6.07) is 0. The minimum atomic E-state index is -1.02. The Balaban J connectivity index is 3.14. The first kappa shape index (κ1) is 23.1. The molecule has 0 bridgehead atoms. The van der Waals surface area contributed by atoms with Crippen molar-refractivity contribution in [3.63, 3.8) is 0 Å². The van der Waals surface area contributed by atoms with Crippen molar-refractivity contribution in [3.05, 3.63) is 0 Å². The van der Waals surface area contributed by atoms with Gasteiger partial charge in [0.2, 0.25) is 0 Å². The Morgan fingerprint density at radius 3 is 2.04 bits per heavy atom. The summed E-state index contributed by atoms with van der Waals surface area (Å²) in [4.78, 5) is 25.1. The van der Waals surface area contributed by atoms with Crippen LogP contribution in [0.15, 0.2) is 0 Å². The number of carbonyl (C=O) groups excluding carboxylic acids is 2. The van der Waals surface area contributed by atoms with Crippen molar-refractivity contribution < 1.29 is 29.6 Å². The van der Waals surface area contributed by atoms with Crippen LogP contribution in [0.2, 0.25) is 0 Å². The van der Waals surface area contributed by atoms with Crippen LogP contribution < -0.4 is 0 Å². The number of ketones is 1. The summed E-state index contributed by atoms with van der Waals surface area (Å²) in [6.07, 6.45) is -2.28. The summed E-state index contributed by atoms with van der Waals surface area (Å²) >= 11 is 0. The van der Waals surface area contributed by atoms with Gasteiger partial charge in [-0.3, -0.25) is 9.59 Å². The molecule has 0 unspecified atom stereocenters. The van der Waals surface area contributed by atoms with Gasteiger partial charge in [0, 0.05) is 24.2 Å². The minimum Gasteiger partial charge on any atom is -0.462 e. The van der Waals surface area contributed by atoms with Crippen molar-refractivity contribution >= 4 is 11.8 Å². The van der Waals surface area contributed by atoms with Crippen molar-refractivity contribution in [3.8, 4) is 0 Å². The summed E-state index contributed by atoms with van der Waals surface area (Å²) < 4.78 is 5.53. The molecule has 0 aromatic carbocycles. The Kier molecular flexibility index (Phi) is 8.70. The maximum absolute atomic E-state index is 12.7. The van der Waals surface area contributed by atoms with Gasteiger partial charge in [-0.25, -0.2) is 0 Å². The van der Waals surface area contributed by atoms with Crippen LogP contribution in [0.3, 0.4) is 0 Å². The second-order valence-corrected chi connectivity index (χ2v) is 8.20. The van der Waals surface area contributed by atoms with E-state index in [4.69, 9.17) is 4.74 Å². The van der Waals surface area contributed by atoms with Gasteiger partial charge in [0.25, 0.3) is 0 Å². The highest BCUT2D eigenvalue weighted by Gasteiger charge is 2.37. The highest BCUT2D eigenvalue weighted by Crippen LogP contribution is 2.29. The lowest BCUT2D eigenvalue weighted by Crippen LogP contribution is -2.43. The van der Waals surface area contributed by atoms with Gasteiger partial charge in [-0.2, -0.15) is 0 Å². The van der Waals surface area contributed by atoms with Crippen molar-refractivity contribution in [2.75, 3.05) is 0 Å². The van der Waals surface area contributed by atoms with Crippen LogP contribution in [-0.4, -0.2) is 51.5 Å². The summed E-state index contributed by atoms with van der Waals surface area (Å²) in [5, 5.41) is 31.3. The predicted molar refractivity (Wildman–Crippen MR) is 98.3 cm³/mol. The standard InChI is InChI=1S/C20H36O6/c1-7-17-13(5)19(24)14(6)18(23)11(3)8-10(2)15(21)9-16(22)12(4)20(25)26-17/h10-17,19,21-22,24H,7-9H2,1-6H3/t10-,11+,12+,13-,14-,15+,16-,17+,19-/m0/s1. The average Bonchev–Trinajstić information content (AvgIpc) is 2.61. The summed E-state index contributed by atoms with van der Waals surface area (Å²) in [5.74, 6) is -2.87. The zero-order chi connectivity index (χ0) is 20.2. The number of carbonyl (C=O) groups is 2. The van der Waals surface area contributed by atoms with E-state index in [1.807, 2.05) is 20.8 Å². The van der Waals surface area contributed by atoms with E-state index in [-0.39, 0.29) is 24.0 Å². The normalized spacial score (nSPS) is 44.3. The maximum atomic E-state index is 12.7. The number of esters is 1. The fraction of sp³-hybridized carbons (Fsp3) is 0.900. The Morgan fingerprint density at radius 1 is 0.923 bits per heavy atom. The SMILES string of the molecule is CC[C@H]1OC(=O)[C@H](C)[C@@H](O)C[C@@H](O)[C@@H](C)C[C@@H](C)C(=O)[C@H](C)[C@@H](O)[C@H]1C. The van der Waals surface area contributed by atoms with E-state index >= 15 is 0 Å². The monoisotopic (exact) mass is 372 g/mol. The highest BCUT2D eigenvalue weighted by atomic mass is 16.5. The van der Waals surface area contributed by atoms with E-state index in [1.54, 1.807) is 20.8 Å². The van der Waals surface area contributed by atoms with Gasteiger partial charge in [-0.15, -0.1) is 0 Å². The first-order valence-corrected chi connectivity index (χ1v) is 9.79. The van der Waals surface area contributed by atoms with Crippen LogP contribution in [0.25, 0.3) is 0 Å². The summed E-state index contributed by atoms with van der Waals surface area (Å²) in [6.45, 7) is 10.5. The van der Waals surface area contributed by atoms with Crippen molar-refractivity contribution in [2.24, 2.45) is 29.6 Å². The van der Waals surface area contributed by atoms with E-state index < -0.39 is 48.1 Å². The van der Waals surface area contributed by atoms with Gasteiger partial charge in [-0.05, 0) is 25.7 Å². The second kappa shape index (κ2) is 9.81. The van der Waals surface area contributed by atoms with Gasteiger partial charge in [-0.1, -0.05) is 34.6 Å². The zero-order valence-electron chi connectivity index (χ0n) is 16.9. The molecule has 1 rings (SSSR count). The van der Waals surface area contributed by atoms with Crippen LogP contribution in [-0.2, 0) is 14.3 Å². The number of ether oxygens (including phenoxy) is 1. The quantitative estimate of drug-likeness (QED) is 0.608. The summed E-state index contributed by atoms with van der Waals surface area (Å²) in [5.41, 5.74) is 0. The maximum Gasteiger partial charge on any atom is 0.311 e. The lowest BCUT2D eigenvalue weighted by Gasteiger charge is -2.33. The minimum absolute atomic E-state index is 0.0584. The third-order valence-electron chi connectivity index (χ3n) is 6.06.